The van der Waals surface area contributed by atoms with Gasteiger partial charge in [0.2, 0.25) is 10.0 Å². The number of hydrogen-bond donors (Lipinski definition) is 2. The number of anilines is 1. The van der Waals surface area contributed by atoms with Crippen molar-refractivity contribution in [3.05, 3.63) is 18.3 Å². The third-order valence-electron chi connectivity index (χ3n) is 6.37. The van der Waals surface area contributed by atoms with E-state index < -0.39 is 10.0 Å². The second-order valence-electron chi connectivity index (χ2n) is 9.28. The normalized spacial score (nSPS) is 24.7. The number of aromatic nitrogens is 1. The lowest BCUT2D eigenvalue weighted by atomic mass is 9.89. The molecule has 30 heavy (non-hydrogen) atoms. The molecular formula is C22H38N4O3S. The van der Waals surface area contributed by atoms with E-state index in [4.69, 9.17) is 0 Å². The Bertz CT molecular complexity index is 766. The van der Waals surface area contributed by atoms with Crippen molar-refractivity contribution in [2.24, 2.45) is 0 Å². The zero-order valence-electron chi connectivity index (χ0n) is 18.8. The summed E-state index contributed by atoms with van der Waals surface area (Å²) in [4.78, 5) is 7.07. The molecule has 2 N–H and O–H groups in total. The third kappa shape index (κ3) is 5.33. The van der Waals surface area contributed by atoms with Crippen LogP contribution in [0.1, 0.15) is 66.2 Å². The molecule has 2 aliphatic rings. The molecule has 1 aliphatic heterocycles. The Hall–Kier alpha value is -1.22. The molecule has 2 atom stereocenters. The van der Waals surface area contributed by atoms with Crippen molar-refractivity contribution in [2.75, 3.05) is 18.4 Å². The highest BCUT2D eigenvalue weighted by molar-refractivity contribution is 7.89. The Balaban J connectivity index is 1.57. The molecule has 1 aromatic heterocycles. The first-order valence-corrected chi connectivity index (χ1v) is 12.8. The van der Waals surface area contributed by atoms with Crippen molar-refractivity contribution < 1.29 is 13.5 Å². The van der Waals surface area contributed by atoms with E-state index in [0.717, 1.165) is 45.2 Å². The molecule has 2 heterocycles. The quantitative estimate of drug-likeness (QED) is 0.680. The van der Waals surface area contributed by atoms with Crippen LogP contribution in [0.5, 0.6) is 0 Å². The van der Waals surface area contributed by atoms with Crippen LogP contribution in [-0.2, 0) is 10.0 Å². The summed E-state index contributed by atoms with van der Waals surface area (Å²) in [6, 6.07) is 3.83. The van der Waals surface area contributed by atoms with E-state index in [1.54, 1.807) is 12.1 Å². The number of piperidine rings is 1. The first kappa shape index (κ1) is 23.4. The van der Waals surface area contributed by atoms with Crippen molar-refractivity contribution >= 4 is 15.8 Å². The molecular weight excluding hydrogens is 400 g/mol. The van der Waals surface area contributed by atoms with Gasteiger partial charge < -0.3 is 10.4 Å². The summed E-state index contributed by atoms with van der Waals surface area (Å²) < 4.78 is 27.5. The fourth-order valence-electron chi connectivity index (χ4n) is 4.99. The van der Waals surface area contributed by atoms with Gasteiger partial charge in [-0.3, -0.25) is 4.90 Å². The van der Waals surface area contributed by atoms with Crippen LogP contribution in [0.25, 0.3) is 0 Å². The fourth-order valence-corrected chi connectivity index (χ4v) is 6.77. The Morgan fingerprint density at radius 1 is 1.07 bits per heavy atom. The number of pyridine rings is 1. The topological polar surface area (TPSA) is 85.8 Å². The van der Waals surface area contributed by atoms with Gasteiger partial charge in [-0.1, -0.05) is 12.8 Å². The summed E-state index contributed by atoms with van der Waals surface area (Å²) >= 11 is 0. The van der Waals surface area contributed by atoms with Gasteiger partial charge in [0.1, 0.15) is 10.7 Å². The number of nitrogens with one attached hydrogen (secondary N) is 1. The van der Waals surface area contributed by atoms with Gasteiger partial charge in [0.05, 0.1) is 6.10 Å². The van der Waals surface area contributed by atoms with Crippen LogP contribution in [-0.4, -0.2) is 71.1 Å². The first-order chi connectivity index (χ1) is 14.2. The minimum absolute atomic E-state index is 0.110. The van der Waals surface area contributed by atoms with E-state index in [9.17, 15) is 13.5 Å². The van der Waals surface area contributed by atoms with E-state index >= 15 is 0 Å². The smallest absolute Gasteiger partial charge is 0.245 e. The number of aliphatic hydroxyl groups excluding tert-OH is 1. The maximum absolute atomic E-state index is 13.0. The van der Waals surface area contributed by atoms with Crippen molar-refractivity contribution in [3.8, 4) is 0 Å². The Morgan fingerprint density at radius 3 is 2.23 bits per heavy atom. The summed E-state index contributed by atoms with van der Waals surface area (Å²) in [6.45, 7) is 9.51. The maximum Gasteiger partial charge on any atom is 0.245 e. The van der Waals surface area contributed by atoms with Gasteiger partial charge in [-0.25, -0.2) is 13.4 Å². The van der Waals surface area contributed by atoms with Crippen LogP contribution in [0.2, 0.25) is 0 Å². The van der Waals surface area contributed by atoms with Crippen LogP contribution in [0.4, 0.5) is 5.82 Å². The zero-order valence-corrected chi connectivity index (χ0v) is 19.6. The highest BCUT2D eigenvalue weighted by atomic mass is 32.2. The molecule has 8 heteroatoms. The number of rotatable bonds is 7. The predicted octanol–water partition coefficient (Wildman–Crippen LogP) is 3.07. The lowest BCUT2D eigenvalue weighted by Crippen LogP contribution is -2.50. The average molecular weight is 439 g/mol. The molecule has 1 saturated heterocycles. The van der Waals surface area contributed by atoms with Gasteiger partial charge in [0.25, 0.3) is 0 Å². The first-order valence-electron chi connectivity index (χ1n) is 11.4. The molecule has 0 spiro atoms. The minimum Gasteiger partial charge on any atom is -0.391 e. The molecule has 2 fully saturated rings. The summed E-state index contributed by atoms with van der Waals surface area (Å²) in [5.41, 5.74) is 0. The van der Waals surface area contributed by atoms with Crippen molar-refractivity contribution in [3.63, 3.8) is 0 Å². The van der Waals surface area contributed by atoms with Crippen molar-refractivity contribution in [1.29, 1.82) is 0 Å². The van der Waals surface area contributed by atoms with Gasteiger partial charge in [-0.05, 0) is 65.5 Å². The van der Waals surface area contributed by atoms with Gasteiger partial charge in [-0.15, -0.1) is 0 Å². The molecule has 0 radical (unpaired) electrons. The van der Waals surface area contributed by atoms with Crippen LogP contribution in [0.15, 0.2) is 23.2 Å². The number of hydrogen-bond acceptors (Lipinski definition) is 6. The Kier molecular flexibility index (Phi) is 7.76. The van der Waals surface area contributed by atoms with E-state index in [-0.39, 0.29) is 23.1 Å². The molecule has 0 amide bonds. The van der Waals surface area contributed by atoms with Crippen LogP contribution in [0.3, 0.4) is 0 Å². The number of aliphatic hydroxyl groups is 1. The fraction of sp³-hybridized carbons (Fsp3) is 0.773. The SMILES string of the molecule is CC(C)N(C(C)C)S(=O)(=O)c1ccc(NC2CCN(C3CCCCC3O)CC2)nc1. The summed E-state index contributed by atoms with van der Waals surface area (Å²) in [7, 11) is -3.56. The second kappa shape index (κ2) is 9.94. The van der Waals surface area contributed by atoms with Gasteiger partial charge in [-0.2, -0.15) is 4.31 Å². The molecule has 2 unspecified atom stereocenters. The molecule has 1 aromatic rings. The summed E-state index contributed by atoms with van der Waals surface area (Å²) in [6.07, 6.45) is 7.65. The molecule has 1 aliphatic carbocycles. The van der Waals surface area contributed by atoms with Crippen molar-refractivity contribution in [2.45, 2.75) is 101 Å². The van der Waals surface area contributed by atoms with E-state index in [0.29, 0.717) is 17.9 Å². The standard InChI is InChI=1S/C22H38N4O3S/c1-16(2)26(17(3)4)30(28,29)19-9-10-22(23-15-19)24-18-11-13-25(14-12-18)20-7-5-6-8-21(20)27/h9-10,15-18,20-21,27H,5-8,11-14H2,1-4H3,(H,23,24). The predicted molar refractivity (Wildman–Crippen MR) is 120 cm³/mol. The Morgan fingerprint density at radius 2 is 1.70 bits per heavy atom. The van der Waals surface area contributed by atoms with Crippen LogP contribution in [0, 0.1) is 0 Å². The summed E-state index contributed by atoms with van der Waals surface area (Å²) in [5.74, 6) is 0.714. The van der Waals surface area contributed by atoms with E-state index in [1.165, 1.54) is 16.9 Å². The Labute approximate surface area is 181 Å². The molecule has 0 bridgehead atoms. The molecule has 0 aromatic carbocycles. The van der Waals surface area contributed by atoms with Gasteiger partial charge in [0, 0.05) is 43.5 Å². The second-order valence-corrected chi connectivity index (χ2v) is 11.1. The van der Waals surface area contributed by atoms with E-state index in [1.807, 2.05) is 27.7 Å². The highest BCUT2D eigenvalue weighted by Gasteiger charge is 2.32. The number of likely N-dealkylation sites (tertiary alicyclic amines) is 1. The average Bonchev–Trinajstić information content (AvgIpc) is 2.69. The maximum atomic E-state index is 13.0. The molecule has 3 rings (SSSR count). The zero-order chi connectivity index (χ0) is 21.9. The monoisotopic (exact) mass is 438 g/mol. The highest BCUT2D eigenvalue weighted by Crippen LogP contribution is 2.27. The third-order valence-corrected chi connectivity index (χ3v) is 8.61. The molecule has 170 valence electrons. The lowest BCUT2D eigenvalue weighted by Gasteiger charge is -2.41. The van der Waals surface area contributed by atoms with Crippen molar-refractivity contribution in [1.82, 2.24) is 14.2 Å². The van der Waals surface area contributed by atoms with Gasteiger partial charge >= 0.3 is 0 Å². The van der Waals surface area contributed by atoms with Crippen LogP contribution >= 0.6 is 0 Å². The number of sulfonamides is 1. The largest absolute Gasteiger partial charge is 0.391 e. The van der Waals surface area contributed by atoms with Gasteiger partial charge in [0.15, 0.2) is 0 Å². The van der Waals surface area contributed by atoms with Crippen LogP contribution < -0.4 is 5.32 Å². The summed E-state index contributed by atoms with van der Waals surface area (Å²) in [5, 5.41) is 13.8. The molecule has 1 saturated carbocycles. The van der Waals surface area contributed by atoms with E-state index in [2.05, 4.69) is 15.2 Å². The molecule has 7 nitrogen and oxygen atoms in total. The lowest BCUT2D eigenvalue weighted by molar-refractivity contribution is 0.00992. The number of nitrogens with zero attached hydrogens (tertiary/aromatic N) is 3. The minimum atomic E-state index is -3.56.